The summed E-state index contributed by atoms with van der Waals surface area (Å²) in [6.45, 7) is 0.486. The fourth-order valence-corrected chi connectivity index (χ4v) is 3.03. The molecule has 2 amide bonds. The molecule has 6 nitrogen and oxygen atoms in total. The molecule has 4 rings (SSSR count). The predicted molar refractivity (Wildman–Crippen MR) is 86.8 cm³/mol. The summed E-state index contributed by atoms with van der Waals surface area (Å²) in [4.78, 5) is 24.4. The van der Waals surface area contributed by atoms with E-state index >= 15 is 0 Å². The maximum absolute atomic E-state index is 13.4. The molecule has 0 unspecified atom stereocenters. The number of anilines is 1. The molecule has 2 aromatic carbocycles. The Balaban J connectivity index is 1.49. The van der Waals surface area contributed by atoms with E-state index in [9.17, 15) is 14.0 Å². The van der Waals surface area contributed by atoms with Crippen molar-refractivity contribution in [2.24, 2.45) is 0 Å². The maximum atomic E-state index is 13.4. The second-order valence-corrected chi connectivity index (χ2v) is 5.94. The molecule has 2 aromatic rings. The van der Waals surface area contributed by atoms with Crippen molar-refractivity contribution >= 4 is 17.5 Å². The topological polar surface area (TPSA) is 76.7 Å². The molecule has 25 heavy (non-hydrogen) atoms. The summed E-state index contributed by atoms with van der Waals surface area (Å²) in [5.41, 5.74) is 1.82. The molecule has 7 heteroatoms. The van der Waals surface area contributed by atoms with Gasteiger partial charge in [-0.05, 0) is 35.4 Å². The van der Waals surface area contributed by atoms with Crippen LogP contribution in [0.2, 0.25) is 0 Å². The van der Waals surface area contributed by atoms with Gasteiger partial charge in [0.2, 0.25) is 18.6 Å². The monoisotopic (exact) mass is 342 g/mol. The highest BCUT2D eigenvalue weighted by Gasteiger charge is 2.30. The largest absolute Gasteiger partial charge is 0.454 e. The number of carbonyl (C=O) groups excluding carboxylic acids is 2. The fourth-order valence-electron chi connectivity index (χ4n) is 3.03. The molecule has 1 atom stereocenters. The van der Waals surface area contributed by atoms with Gasteiger partial charge in [-0.25, -0.2) is 4.39 Å². The Morgan fingerprint density at radius 2 is 2.04 bits per heavy atom. The van der Waals surface area contributed by atoms with Crippen LogP contribution in [-0.2, 0) is 16.1 Å². The number of benzene rings is 2. The highest BCUT2D eigenvalue weighted by Crippen LogP contribution is 2.34. The zero-order chi connectivity index (χ0) is 17.4. The van der Waals surface area contributed by atoms with Gasteiger partial charge in [-0.15, -0.1) is 0 Å². The molecule has 2 N–H and O–H groups in total. The molecule has 0 fully saturated rings. The summed E-state index contributed by atoms with van der Waals surface area (Å²) < 4.78 is 23.9. The SMILES string of the molecule is O=C1C[C@@H](C(=O)NCc2ccc3c(c2)OCO3)c2ccc(F)cc2N1. The Bertz CT molecular complexity index is 868. The van der Waals surface area contributed by atoms with Gasteiger partial charge in [-0.1, -0.05) is 12.1 Å². The van der Waals surface area contributed by atoms with E-state index in [1.807, 2.05) is 6.07 Å². The highest BCUT2D eigenvalue weighted by atomic mass is 19.1. The molecule has 0 spiro atoms. The van der Waals surface area contributed by atoms with E-state index in [0.717, 1.165) is 5.56 Å². The number of amides is 2. The highest BCUT2D eigenvalue weighted by molar-refractivity contribution is 6.01. The molecule has 0 saturated heterocycles. The van der Waals surface area contributed by atoms with E-state index in [2.05, 4.69) is 10.6 Å². The number of nitrogens with one attached hydrogen (secondary N) is 2. The maximum Gasteiger partial charge on any atom is 0.231 e. The molecule has 0 radical (unpaired) electrons. The standard InChI is InChI=1S/C18H15FN2O4/c19-11-2-3-12-13(7-17(22)21-14(12)6-11)18(23)20-8-10-1-4-15-16(5-10)25-9-24-15/h1-6,13H,7-9H2,(H,20,23)(H,21,22)/t13-/m1/s1. The van der Waals surface area contributed by atoms with Crippen LogP contribution in [0.1, 0.15) is 23.5 Å². The van der Waals surface area contributed by atoms with Gasteiger partial charge in [0, 0.05) is 18.7 Å². The van der Waals surface area contributed by atoms with Crippen molar-refractivity contribution in [3.8, 4) is 11.5 Å². The van der Waals surface area contributed by atoms with Crippen molar-refractivity contribution in [3.63, 3.8) is 0 Å². The number of halogens is 1. The quantitative estimate of drug-likeness (QED) is 0.897. The first-order valence-electron chi connectivity index (χ1n) is 7.86. The first-order chi connectivity index (χ1) is 12.1. The zero-order valence-electron chi connectivity index (χ0n) is 13.2. The van der Waals surface area contributed by atoms with Crippen LogP contribution in [0.15, 0.2) is 36.4 Å². The second-order valence-electron chi connectivity index (χ2n) is 5.94. The summed E-state index contributed by atoms with van der Waals surface area (Å²) in [5.74, 6) is -0.361. The van der Waals surface area contributed by atoms with E-state index in [-0.39, 0.29) is 25.0 Å². The average Bonchev–Trinajstić information content (AvgIpc) is 3.06. The zero-order valence-corrected chi connectivity index (χ0v) is 13.2. The van der Waals surface area contributed by atoms with E-state index < -0.39 is 11.7 Å². The third-order valence-corrected chi connectivity index (χ3v) is 4.27. The minimum Gasteiger partial charge on any atom is -0.454 e. The summed E-state index contributed by atoms with van der Waals surface area (Å²) >= 11 is 0. The minimum absolute atomic E-state index is 0.0333. The summed E-state index contributed by atoms with van der Waals surface area (Å²) in [6.07, 6.45) is 0.0333. The van der Waals surface area contributed by atoms with E-state index in [1.54, 1.807) is 12.1 Å². The van der Waals surface area contributed by atoms with Gasteiger partial charge < -0.3 is 20.1 Å². The van der Waals surface area contributed by atoms with E-state index in [0.29, 0.717) is 29.3 Å². The molecule has 0 aliphatic carbocycles. The van der Waals surface area contributed by atoms with Gasteiger partial charge in [0.05, 0.1) is 5.92 Å². The second kappa shape index (κ2) is 6.08. The van der Waals surface area contributed by atoms with Gasteiger partial charge in [-0.2, -0.15) is 0 Å². The minimum atomic E-state index is -0.640. The Morgan fingerprint density at radius 1 is 1.20 bits per heavy atom. The molecular formula is C18H15FN2O4. The predicted octanol–water partition coefficient (Wildman–Crippen LogP) is 2.30. The summed E-state index contributed by atoms with van der Waals surface area (Å²) in [5, 5.41) is 5.43. The van der Waals surface area contributed by atoms with Crippen LogP contribution in [0.5, 0.6) is 11.5 Å². The smallest absolute Gasteiger partial charge is 0.231 e. The molecular weight excluding hydrogens is 327 g/mol. The number of fused-ring (bicyclic) bond motifs is 2. The van der Waals surface area contributed by atoms with Gasteiger partial charge in [0.15, 0.2) is 11.5 Å². The molecule has 0 bridgehead atoms. The lowest BCUT2D eigenvalue weighted by Crippen LogP contribution is -2.34. The van der Waals surface area contributed by atoms with Gasteiger partial charge >= 0.3 is 0 Å². The normalized spacial score (nSPS) is 17.6. The number of hydrogen-bond donors (Lipinski definition) is 2. The Morgan fingerprint density at radius 3 is 2.92 bits per heavy atom. The van der Waals surface area contributed by atoms with Gasteiger partial charge in [0.25, 0.3) is 0 Å². The summed E-state index contributed by atoms with van der Waals surface area (Å²) in [7, 11) is 0. The molecule has 128 valence electrons. The third-order valence-electron chi connectivity index (χ3n) is 4.27. The molecule has 2 aliphatic heterocycles. The number of carbonyl (C=O) groups is 2. The lowest BCUT2D eigenvalue weighted by atomic mass is 9.89. The van der Waals surface area contributed by atoms with Crippen LogP contribution in [0.3, 0.4) is 0 Å². The number of ether oxygens (including phenoxy) is 2. The van der Waals surface area contributed by atoms with Crippen molar-refractivity contribution in [2.45, 2.75) is 18.9 Å². The third kappa shape index (κ3) is 3.00. The lowest BCUT2D eigenvalue weighted by molar-refractivity contribution is -0.126. The lowest BCUT2D eigenvalue weighted by Gasteiger charge is -2.25. The molecule has 0 aromatic heterocycles. The Labute approximate surface area is 142 Å². The van der Waals surface area contributed by atoms with Gasteiger partial charge in [-0.3, -0.25) is 9.59 Å². The fraction of sp³-hybridized carbons (Fsp3) is 0.222. The first-order valence-corrected chi connectivity index (χ1v) is 7.86. The van der Waals surface area contributed by atoms with Crippen molar-refractivity contribution in [2.75, 3.05) is 12.1 Å². The number of hydrogen-bond acceptors (Lipinski definition) is 4. The van der Waals surface area contributed by atoms with E-state index in [1.165, 1.54) is 18.2 Å². The summed E-state index contributed by atoms with van der Waals surface area (Å²) in [6, 6.07) is 9.48. The molecule has 2 heterocycles. The number of rotatable bonds is 3. The average molecular weight is 342 g/mol. The molecule has 0 saturated carbocycles. The van der Waals surface area contributed by atoms with Crippen molar-refractivity contribution in [1.29, 1.82) is 0 Å². The first kappa shape index (κ1) is 15.4. The van der Waals surface area contributed by atoms with Gasteiger partial charge in [0.1, 0.15) is 5.82 Å². The van der Waals surface area contributed by atoms with Crippen LogP contribution in [-0.4, -0.2) is 18.6 Å². The Kier molecular flexibility index (Phi) is 3.76. The van der Waals surface area contributed by atoms with Crippen LogP contribution in [0, 0.1) is 5.82 Å². The van der Waals surface area contributed by atoms with E-state index in [4.69, 9.17) is 9.47 Å². The van der Waals surface area contributed by atoms with Crippen LogP contribution in [0.25, 0.3) is 0 Å². The van der Waals surface area contributed by atoms with Crippen LogP contribution >= 0.6 is 0 Å². The molecule has 2 aliphatic rings. The van der Waals surface area contributed by atoms with Crippen molar-refractivity contribution in [1.82, 2.24) is 5.32 Å². The Hall–Kier alpha value is -3.09. The van der Waals surface area contributed by atoms with Crippen molar-refractivity contribution in [3.05, 3.63) is 53.3 Å². The van der Waals surface area contributed by atoms with Crippen LogP contribution < -0.4 is 20.1 Å². The van der Waals surface area contributed by atoms with Crippen molar-refractivity contribution < 1.29 is 23.5 Å². The van der Waals surface area contributed by atoms with Crippen LogP contribution in [0.4, 0.5) is 10.1 Å².